The Bertz CT molecular complexity index is 157. The molecule has 0 saturated heterocycles. The van der Waals surface area contributed by atoms with E-state index in [0.717, 1.165) is 12.2 Å². The zero-order valence-electron chi connectivity index (χ0n) is 8.91. The van der Waals surface area contributed by atoms with Crippen LogP contribution in [0, 0.1) is 11.8 Å². The number of carboxylic acids is 1. The highest BCUT2D eigenvalue weighted by Gasteiger charge is 2.22. The third-order valence-corrected chi connectivity index (χ3v) is 3.97. The van der Waals surface area contributed by atoms with Crippen LogP contribution in [0.4, 0.5) is 0 Å². The van der Waals surface area contributed by atoms with Crippen molar-refractivity contribution in [1.82, 2.24) is 0 Å². The first kappa shape index (κ1) is 12.8. The second-order valence-electron chi connectivity index (χ2n) is 3.85. The summed E-state index contributed by atoms with van der Waals surface area (Å²) in [6.45, 7) is 8.22. The number of rotatable bonds is 6. The Labute approximate surface area is 85.1 Å². The molecule has 0 aliphatic rings. The minimum atomic E-state index is -0.677. The van der Waals surface area contributed by atoms with E-state index >= 15 is 0 Å². The van der Waals surface area contributed by atoms with Crippen LogP contribution in [0.15, 0.2) is 0 Å². The van der Waals surface area contributed by atoms with Gasteiger partial charge in [0.05, 0.1) is 0 Å². The number of aliphatic carboxylic acids is 1. The van der Waals surface area contributed by atoms with E-state index in [1.165, 1.54) is 0 Å². The molecule has 2 unspecified atom stereocenters. The van der Waals surface area contributed by atoms with E-state index in [-0.39, 0.29) is 11.2 Å². The predicted octanol–water partition coefficient (Wildman–Crippen LogP) is 2.87. The highest BCUT2D eigenvalue weighted by Crippen LogP contribution is 2.23. The second-order valence-corrected chi connectivity index (χ2v) is 5.02. The van der Waals surface area contributed by atoms with Crippen LogP contribution in [0.2, 0.25) is 0 Å². The van der Waals surface area contributed by atoms with Gasteiger partial charge in [0.1, 0.15) is 5.25 Å². The van der Waals surface area contributed by atoms with Gasteiger partial charge in [-0.15, -0.1) is 11.8 Å². The molecule has 13 heavy (non-hydrogen) atoms. The van der Waals surface area contributed by atoms with Crippen LogP contribution >= 0.6 is 11.8 Å². The lowest BCUT2D eigenvalue weighted by atomic mass is 10.1. The van der Waals surface area contributed by atoms with Crippen molar-refractivity contribution in [3.8, 4) is 0 Å². The fourth-order valence-corrected chi connectivity index (χ4v) is 2.23. The summed E-state index contributed by atoms with van der Waals surface area (Å²) < 4.78 is 0. The summed E-state index contributed by atoms with van der Waals surface area (Å²) in [5.41, 5.74) is 0. The van der Waals surface area contributed by atoms with Crippen LogP contribution in [-0.2, 0) is 4.79 Å². The van der Waals surface area contributed by atoms with E-state index in [4.69, 9.17) is 5.11 Å². The van der Waals surface area contributed by atoms with Crippen LogP contribution in [0.1, 0.15) is 34.1 Å². The minimum Gasteiger partial charge on any atom is -0.480 e. The molecule has 0 radical (unpaired) electrons. The molecule has 78 valence electrons. The van der Waals surface area contributed by atoms with Gasteiger partial charge in [-0.1, -0.05) is 34.1 Å². The molecule has 2 nitrogen and oxygen atoms in total. The van der Waals surface area contributed by atoms with Crippen LogP contribution in [0.25, 0.3) is 0 Å². The Morgan fingerprint density at radius 2 is 1.92 bits per heavy atom. The SMILES string of the molecule is CCC(C)CSC(C(=O)O)C(C)C. The molecule has 0 aromatic heterocycles. The van der Waals surface area contributed by atoms with Crippen molar-refractivity contribution in [3.63, 3.8) is 0 Å². The summed E-state index contributed by atoms with van der Waals surface area (Å²) in [4.78, 5) is 10.8. The summed E-state index contributed by atoms with van der Waals surface area (Å²) in [6, 6.07) is 0. The largest absolute Gasteiger partial charge is 0.480 e. The molecule has 0 saturated carbocycles. The molecule has 0 bridgehead atoms. The maximum atomic E-state index is 10.8. The average molecular weight is 204 g/mol. The van der Waals surface area contributed by atoms with E-state index in [2.05, 4.69) is 13.8 Å². The maximum absolute atomic E-state index is 10.8. The molecule has 0 fully saturated rings. The third kappa shape index (κ3) is 5.19. The first-order chi connectivity index (χ1) is 5.99. The van der Waals surface area contributed by atoms with Gasteiger partial charge in [0.25, 0.3) is 0 Å². The zero-order valence-corrected chi connectivity index (χ0v) is 9.73. The molecular formula is C10H20O2S. The Morgan fingerprint density at radius 3 is 2.23 bits per heavy atom. The zero-order chi connectivity index (χ0) is 10.4. The lowest BCUT2D eigenvalue weighted by Gasteiger charge is -2.17. The van der Waals surface area contributed by atoms with Crippen molar-refractivity contribution in [2.75, 3.05) is 5.75 Å². The Hall–Kier alpha value is -0.180. The van der Waals surface area contributed by atoms with Crippen LogP contribution < -0.4 is 0 Å². The molecule has 0 aliphatic heterocycles. The molecule has 0 spiro atoms. The van der Waals surface area contributed by atoms with Gasteiger partial charge in [-0.3, -0.25) is 4.79 Å². The number of carboxylic acid groups (broad SMARTS) is 1. The summed E-state index contributed by atoms with van der Waals surface area (Å²) in [5, 5.41) is 8.67. The molecule has 0 aromatic rings. The first-order valence-corrected chi connectivity index (χ1v) is 5.88. The van der Waals surface area contributed by atoms with Crippen LogP contribution in [0.5, 0.6) is 0 Å². The van der Waals surface area contributed by atoms with Crippen molar-refractivity contribution in [1.29, 1.82) is 0 Å². The molecule has 0 rings (SSSR count). The van der Waals surface area contributed by atoms with E-state index in [0.29, 0.717) is 5.92 Å². The van der Waals surface area contributed by atoms with Gasteiger partial charge in [-0.05, 0) is 17.6 Å². The van der Waals surface area contributed by atoms with E-state index in [1.807, 2.05) is 13.8 Å². The molecule has 3 heteroatoms. The monoisotopic (exact) mass is 204 g/mol. The highest BCUT2D eigenvalue weighted by molar-refractivity contribution is 8.00. The lowest BCUT2D eigenvalue weighted by molar-refractivity contribution is -0.137. The normalized spacial score (nSPS) is 15.8. The van der Waals surface area contributed by atoms with Gasteiger partial charge >= 0.3 is 5.97 Å². The van der Waals surface area contributed by atoms with Gasteiger partial charge in [-0.2, -0.15) is 0 Å². The lowest BCUT2D eigenvalue weighted by Crippen LogP contribution is -2.23. The first-order valence-electron chi connectivity index (χ1n) is 4.83. The highest BCUT2D eigenvalue weighted by atomic mass is 32.2. The standard InChI is InChI=1S/C10H20O2S/c1-5-8(4)6-13-9(7(2)3)10(11)12/h7-9H,5-6H2,1-4H3,(H,11,12). The van der Waals surface area contributed by atoms with Gasteiger partial charge in [0.15, 0.2) is 0 Å². The molecule has 0 aliphatic carbocycles. The van der Waals surface area contributed by atoms with Crippen molar-refractivity contribution < 1.29 is 9.90 Å². The summed E-state index contributed by atoms with van der Waals surface area (Å²) in [5.74, 6) is 1.10. The quantitative estimate of drug-likeness (QED) is 0.723. The van der Waals surface area contributed by atoms with E-state index in [9.17, 15) is 4.79 Å². The number of carbonyl (C=O) groups is 1. The minimum absolute atomic E-state index is 0.214. The van der Waals surface area contributed by atoms with Gasteiger partial charge in [-0.25, -0.2) is 0 Å². The van der Waals surface area contributed by atoms with Gasteiger partial charge in [0, 0.05) is 0 Å². The number of hydrogen-bond acceptors (Lipinski definition) is 2. The third-order valence-electron chi connectivity index (χ3n) is 2.11. The summed E-state index contributed by atoms with van der Waals surface area (Å²) in [7, 11) is 0. The second kappa shape index (κ2) is 6.30. The van der Waals surface area contributed by atoms with Crippen molar-refractivity contribution in [3.05, 3.63) is 0 Å². The Kier molecular flexibility index (Phi) is 6.21. The molecule has 0 heterocycles. The molecule has 1 N–H and O–H groups in total. The molecular weight excluding hydrogens is 184 g/mol. The molecule has 2 atom stereocenters. The fraction of sp³-hybridized carbons (Fsp3) is 0.900. The van der Waals surface area contributed by atoms with E-state index < -0.39 is 5.97 Å². The number of thioether (sulfide) groups is 1. The van der Waals surface area contributed by atoms with Crippen LogP contribution in [-0.4, -0.2) is 22.1 Å². The van der Waals surface area contributed by atoms with Crippen LogP contribution in [0.3, 0.4) is 0 Å². The van der Waals surface area contributed by atoms with Crippen molar-refractivity contribution in [2.24, 2.45) is 11.8 Å². The molecule has 0 amide bonds. The predicted molar refractivity (Wildman–Crippen MR) is 58.2 cm³/mol. The fourth-order valence-electron chi connectivity index (χ4n) is 0.935. The maximum Gasteiger partial charge on any atom is 0.316 e. The van der Waals surface area contributed by atoms with Gasteiger partial charge in [0.2, 0.25) is 0 Å². The average Bonchev–Trinajstić information content (AvgIpc) is 2.03. The van der Waals surface area contributed by atoms with E-state index in [1.54, 1.807) is 11.8 Å². The topological polar surface area (TPSA) is 37.3 Å². The summed E-state index contributed by atoms with van der Waals surface area (Å²) >= 11 is 1.57. The van der Waals surface area contributed by atoms with Crippen molar-refractivity contribution in [2.45, 2.75) is 39.4 Å². The summed E-state index contributed by atoms with van der Waals surface area (Å²) in [6.07, 6.45) is 1.12. The van der Waals surface area contributed by atoms with Gasteiger partial charge < -0.3 is 5.11 Å². The number of hydrogen-bond donors (Lipinski definition) is 1. The van der Waals surface area contributed by atoms with Crippen molar-refractivity contribution >= 4 is 17.7 Å². The molecule has 0 aromatic carbocycles. The Balaban J connectivity index is 3.90. The smallest absolute Gasteiger partial charge is 0.316 e. The Morgan fingerprint density at radius 1 is 1.38 bits per heavy atom.